The molecule has 0 fully saturated rings. The fourth-order valence-electron chi connectivity index (χ4n) is 3.00. The number of fused-ring (bicyclic) bond motifs is 1. The predicted molar refractivity (Wildman–Crippen MR) is 121 cm³/mol. The van der Waals surface area contributed by atoms with Gasteiger partial charge >= 0.3 is 0 Å². The molecule has 0 saturated carbocycles. The SMILES string of the molecule is CN=C(NCCCOCc1ccco1)NCCN1CCc2sccc2C1.I. The van der Waals surface area contributed by atoms with Crippen LogP contribution in [0, 0.1) is 0 Å². The highest BCUT2D eigenvalue weighted by molar-refractivity contribution is 14.0. The van der Waals surface area contributed by atoms with E-state index in [4.69, 9.17) is 9.15 Å². The van der Waals surface area contributed by atoms with Gasteiger partial charge in [0, 0.05) is 51.3 Å². The first-order valence-corrected chi connectivity index (χ1v) is 10.1. The average molecular weight is 504 g/mol. The lowest BCUT2D eigenvalue weighted by Gasteiger charge is -2.27. The van der Waals surface area contributed by atoms with Crippen LogP contribution in [0.5, 0.6) is 0 Å². The van der Waals surface area contributed by atoms with Crippen molar-refractivity contribution in [2.24, 2.45) is 4.99 Å². The second kappa shape index (κ2) is 12.4. The summed E-state index contributed by atoms with van der Waals surface area (Å²) in [5.41, 5.74) is 1.50. The number of ether oxygens (including phenoxy) is 1. The minimum absolute atomic E-state index is 0. The quantitative estimate of drug-likeness (QED) is 0.238. The Hall–Kier alpha value is -1.10. The van der Waals surface area contributed by atoms with E-state index >= 15 is 0 Å². The molecular weight excluding hydrogens is 475 g/mol. The van der Waals surface area contributed by atoms with E-state index in [1.165, 1.54) is 12.0 Å². The van der Waals surface area contributed by atoms with Crippen LogP contribution in [0.1, 0.15) is 22.6 Å². The fourth-order valence-corrected chi connectivity index (χ4v) is 3.89. The lowest BCUT2D eigenvalue weighted by Crippen LogP contribution is -2.42. The van der Waals surface area contributed by atoms with E-state index in [0.29, 0.717) is 13.2 Å². The first kappa shape index (κ1) is 22.2. The first-order chi connectivity index (χ1) is 12.8. The zero-order chi connectivity index (χ0) is 18.0. The second-order valence-electron chi connectivity index (χ2n) is 6.31. The van der Waals surface area contributed by atoms with Gasteiger partial charge in [0.25, 0.3) is 0 Å². The molecule has 0 bridgehead atoms. The van der Waals surface area contributed by atoms with Crippen molar-refractivity contribution in [3.05, 3.63) is 46.0 Å². The van der Waals surface area contributed by atoms with Gasteiger partial charge in [-0.2, -0.15) is 0 Å². The molecule has 3 rings (SSSR count). The molecule has 0 saturated heterocycles. The molecule has 2 aromatic heterocycles. The number of nitrogens with zero attached hydrogens (tertiary/aromatic N) is 2. The van der Waals surface area contributed by atoms with Crippen LogP contribution in [0.25, 0.3) is 0 Å². The van der Waals surface area contributed by atoms with Gasteiger partial charge in [-0.1, -0.05) is 0 Å². The number of halogens is 1. The number of hydrogen-bond acceptors (Lipinski definition) is 5. The molecule has 0 radical (unpaired) electrons. The zero-order valence-corrected chi connectivity index (χ0v) is 18.9. The van der Waals surface area contributed by atoms with E-state index in [1.807, 2.05) is 23.5 Å². The summed E-state index contributed by atoms with van der Waals surface area (Å²) in [7, 11) is 1.81. The van der Waals surface area contributed by atoms with E-state index in [9.17, 15) is 0 Å². The molecule has 1 aliphatic rings. The van der Waals surface area contributed by atoms with Crippen LogP contribution < -0.4 is 10.6 Å². The maximum absolute atomic E-state index is 5.58. The van der Waals surface area contributed by atoms with Crippen molar-refractivity contribution < 1.29 is 9.15 Å². The Morgan fingerprint density at radius 1 is 1.33 bits per heavy atom. The van der Waals surface area contributed by atoms with Crippen molar-refractivity contribution in [2.45, 2.75) is 26.0 Å². The highest BCUT2D eigenvalue weighted by atomic mass is 127. The molecule has 0 atom stereocenters. The average Bonchev–Trinajstić information content (AvgIpc) is 3.34. The van der Waals surface area contributed by atoms with E-state index < -0.39 is 0 Å². The largest absolute Gasteiger partial charge is 0.467 e. The lowest BCUT2D eigenvalue weighted by atomic mass is 10.1. The third-order valence-corrected chi connectivity index (χ3v) is 5.44. The Labute approximate surface area is 182 Å². The summed E-state index contributed by atoms with van der Waals surface area (Å²) in [6, 6.07) is 6.05. The number of guanidine groups is 1. The van der Waals surface area contributed by atoms with Gasteiger partial charge in [-0.15, -0.1) is 35.3 Å². The Morgan fingerprint density at radius 3 is 3.04 bits per heavy atom. The number of hydrogen-bond donors (Lipinski definition) is 2. The maximum atomic E-state index is 5.58. The minimum atomic E-state index is 0. The normalized spacial score (nSPS) is 14.5. The lowest BCUT2D eigenvalue weighted by molar-refractivity contribution is 0.105. The molecule has 1 aliphatic heterocycles. The van der Waals surface area contributed by atoms with Crippen LogP contribution >= 0.6 is 35.3 Å². The minimum Gasteiger partial charge on any atom is -0.467 e. The molecule has 6 nitrogen and oxygen atoms in total. The van der Waals surface area contributed by atoms with Crippen LogP contribution in [0.2, 0.25) is 0 Å². The van der Waals surface area contributed by atoms with E-state index in [2.05, 4.69) is 32.0 Å². The van der Waals surface area contributed by atoms with Crippen molar-refractivity contribution in [1.82, 2.24) is 15.5 Å². The van der Waals surface area contributed by atoms with Crippen LogP contribution in [0.4, 0.5) is 0 Å². The van der Waals surface area contributed by atoms with Crippen molar-refractivity contribution in [3.8, 4) is 0 Å². The predicted octanol–water partition coefficient (Wildman–Crippen LogP) is 3.09. The summed E-state index contributed by atoms with van der Waals surface area (Å²) in [6.07, 6.45) is 3.77. The molecule has 0 aromatic carbocycles. The number of aliphatic imine (C=N–C) groups is 1. The second-order valence-corrected chi connectivity index (χ2v) is 7.31. The Balaban J connectivity index is 0.00000261. The standard InChI is InChI=1S/C19H28N4O2S.HI/c1-20-19(21-7-3-11-24-15-17-4-2-12-25-17)22-8-10-23-9-5-18-16(14-23)6-13-26-18;/h2,4,6,12-13H,3,5,7-11,14-15H2,1H3,(H2,20,21,22);1H. The summed E-state index contributed by atoms with van der Waals surface area (Å²) < 4.78 is 10.8. The molecule has 0 unspecified atom stereocenters. The molecule has 2 N–H and O–H groups in total. The van der Waals surface area contributed by atoms with Gasteiger partial charge in [0.1, 0.15) is 12.4 Å². The van der Waals surface area contributed by atoms with Crippen LogP contribution in [0.3, 0.4) is 0 Å². The van der Waals surface area contributed by atoms with Gasteiger partial charge < -0.3 is 19.8 Å². The van der Waals surface area contributed by atoms with Gasteiger partial charge in [0.05, 0.1) is 6.26 Å². The van der Waals surface area contributed by atoms with Crippen molar-refractivity contribution in [3.63, 3.8) is 0 Å². The van der Waals surface area contributed by atoms with Crippen LogP contribution in [-0.4, -0.2) is 50.7 Å². The van der Waals surface area contributed by atoms with Gasteiger partial charge in [-0.3, -0.25) is 9.89 Å². The third-order valence-electron chi connectivity index (χ3n) is 4.41. The molecule has 8 heteroatoms. The molecule has 0 spiro atoms. The molecule has 0 aliphatic carbocycles. The van der Waals surface area contributed by atoms with E-state index in [0.717, 1.165) is 50.9 Å². The van der Waals surface area contributed by atoms with Crippen molar-refractivity contribution in [2.75, 3.05) is 39.8 Å². The highest BCUT2D eigenvalue weighted by Gasteiger charge is 2.16. The highest BCUT2D eigenvalue weighted by Crippen LogP contribution is 2.23. The third kappa shape index (κ3) is 7.44. The fraction of sp³-hybridized carbons (Fsp3) is 0.526. The summed E-state index contributed by atoms with van der Waals surface area (Å²) in [5, 5.41) is 8.93. The molecule has 0 amide bonds. The number of rotatable bonds is 9. The number of thiophene rings is 1. The van der Waals surface area contributed by atoms with Crippen LogP contribution in [-0.2, 0) is 24.3 Å². The Morgan fingerprint density at radius 2 is 2.22 bits per heavy atom. The van der Waals surface area contributed by atoms with E-state index in [1.54, 1.807) is 18.2 Å². The summed E-state index contributed by atoms with van der Waals surface area (Å²) >= 11 is 1.89. The number of furan rings is 1. The smallest absolute Gasteiger partial charge is 0.191 e. The monoisotopic (exact) mass is 504 g/mol. The summed E-state index contributed by atoms with van der Waals surface area (Å²) in [6.45, 7) is 6.20. The number of nitrogens with one attached hydrogen (secondary N) is 2. The van der Waals surface area contributed by atoms with Crippen LogP contribution in [0.15, 0.2) is 39.3 Å². The van der Waals surface area contributed by atoms with Gasteiger partial charge in [0.15, 0.2) is 5.96 Å². The van der Waals surface area contributed by atoms with Crippen molar-refractivity contribution in [1.29, 1.82) is 0 Å². The van der Waals surface area contributed by atoms with Gasteiger partial charge in [-0.05, 0) is 42.0 Å². The van der Waals surface area contributed by atoms with Crippen molar-refractivity contribution >= 4 is 41.3 Å². The molecule has 2 aromatic rings. The summed E-state index contributed by atoms with van der Waals surface area (Å²) in [5.74, 6) is 1.71. The summed E-state index contributed by atoms with van der Waals surface area (Å²) in [4.78, 5) is 8.33. The molecule has 150 valence electrons. The molecule has 3 heterocycles. The molecular formula is C19H29IN4O2S. The maximum Gasteiger partial charge on any atom is 0.191 e. The molecule has 27 heavy (non-hydrogen) atoms. The van der Waals surface area contributed by atoms with Gasteiger partial charge in [0.2, 0.25) is 0 Å². The Bertz CT molecular complexity index is 675. The van der Waals surface area contributed by atoms with Gasteiger partial charge in [-0.25, -0.2) is 0 Å². The zero-order valence-electron chi connectivity index (χ0n) is 15.8. The first-order valence-electron chi connectivity index (χ1n) is 9.17. The topological polar surface area (TPSA) is 62.0 Å². The van der Waals surface area contributed by atoms with E-state index in [-0.39, 0.29) is 24.0 Å². The Kier molecular flexibility index (Phi) is 10.2.